The van der Waals surface area contributed by atoms with Gasteiger partial charge in [-0.15, -0.1) is 0 Å². The molecule has 1 rings (SSSR count). The molecule has 1 aliphatic rings. The Bertz CT molecular complexity index is 234. The summed E-state index contributed by atoms with van der Waals surface area (Å²) in [5, 5.41) is 8.85. The Kier molecular flexibility index (Phi) is 2.10. The summed E-state index contributed by atoms with van der Waals surface area (Å²) in [5.74, 6) is -0.325. The molecule has 0 bridgehead atoms. The van der Waals surface area contributed by atoms with E-state index in [1.165, 1.54) is 6.92 Å². The monoisotopic (exact) mass is 169 g/mol. The predicted molar refractivity (Wildman–Crippen MR) is 40.9 cm³/mol. The Hall–Kier alpha value is -1.43. The molecule has 0 saturated carbocycles. The maximum Gasteiger partial charge on any atom is 0.787 e. The Morgan fingerprint density at radius 2 is 1.92 bits per heavy atom. The van der Waals surface area contributed by atoms with Crippen molar-refractivity contribution in [2.24, 2.45) is 0 Å². The number of hydrogen-bond donors (Lipinski definition) is 1. The normalized spacial score (nSPS) is 17.2. The van der Waals surface area contributed by atoms with E-state index < -0.39 is 7.32 Å². The average molecular weight is 169 g/mol. The van der Waals surface area contributed by atoms with Crippen LogP contribution < -0.4 is 0 Å². The topological polar surface area (TPSA) is 59.0 Å². The molecular weight excluding hydrogens is 161 g/mol. The Labute approximate surface area is 70.0 Å². The van der Waals surface area contributed by atoms with E-state index >= 15 is 0 Å². The average Bonchev–Trinajstić information content (AvgIpc) is 1.82. The first-order valence-corrected chi connectivity index (χ1v) is 3.22. The molecule has 1 aliphatic heterocycles. The third kappa shape index (κ3) is 1.43. The Morgan fingerprint density at radius 1 is 1.50 bits per heavy atom. The van der Waals surface area contributed by atoms with Gasteiger partial charge in [-0.2, -0.15) is 0 Å². The van der Waals surface area contributed by atoms with E-state index in [0.717, 1.165) is 4.90 Å². The summed E-state index contributed by atoms with van der Waals surface area (Å²) in [6.07, 6.45) is 0. The molecule has 1 N–H and O–H groups in total. The maximum absolute atomic E-state index is 10.9. The molecule has 0 atom stereocenters. The number of carbonyl (C=O) groups is 1. The maximum atomic E-state index is 10.9. The number of hydrogen-bond acceptors (Lipinski definition) is 4. The molecule has 1 fully saturated rings. The third-order valence-electron chi connectivity index (χ3n) is 1.29. The van der Waals surface area contributed by atoms with Gasteiger partial charge in [-0.25, -0.2) is 4.90 Å². The first kappa shape index (κ1) is 8.67. The van der Waals surface area contributed by atoms with Gasteiger partial charge in [0.2, 0.25) is 5.91 Å². The van der Waals surface area contributed by atoms with Gasteiger partial charge < -0.3 is 14.3 Å². The molecule has 0 radical (unpaired) electrons. The van der Waals surface area contributed by atoms with Crippen LogP contribution in [0.5, 0.6) is 0 Å². The summed E-state index contributed by atoms with van der Waals surface area (Å²) in [4.78, 5) is 11.9. The van der Waals surface area contributed by atoms with Gasteiger partial charge in [0.15, 0.2) is 11.8 Å². The van der Waals surface area contributed by atoms with Gasteiger partial charge >= 0.3 is 7.32 Å². The van der Waals surface area contributed by atoms with Crippen molar-refractivity contribution in [2.75, 3.05) is 0 Å². The first-order valence-electron chi connectivity index (χ1n) is 3.22. The lowest BCUT2D eigenvalue weighted by molar-refractivity contribution is -0.130. The van der Waals surface area contributed by atoms with Gasteiger partial charge in [-0.3, -0.25) is 4.79 Å². The minimum absolute atomic E-state index is 0.00579. The van der Waals surface area contributed by atoms with Gasteiger partial charge in [-0.05, 0) is 13.2 Å². The van der Waals surface area contributed by atoms with Crippen LogP contribution in [0.2, 0.25) is 0 Å². The largest absolute Gasteiger partial charge is 0.787 e. The second-order valence-corrected chi connectivity index (χ2v) is 2.18. The first-order chi connectivity index (χ1) is 5.52. The zero-order valence-electron chi connectivity index (χ0n) is 6.61. The van der Waals surface area contributed by atoms with Gasteiger partial charge in [0, 0.05) is 6.92 Å². The number of nitrogens with zero attached hydrogens (tertiary/aromatic N) is 1. The summed E-state index contributed by atoms with van der Waals surface area (Å²) in [7, 11) is -1.43. The van der Waals surface area contributed by atoms with Crippen LogP contribution >= 0.6 is 0 Å². The molecule has 64 valence electrons. The zero-order chi connectivity index (χ0) is 9.30. The summed E-state index contributed by atoms with van der Waals surface area (Å²) >= 11 is 0. The van der Waals surface area contributed by atoms with Crippen molar-refractivity contribution in [3.63, 3.8) is 0 Å². The molecule has 0 spiro atoms. The SMILES string of the molecule is C=C1OB(O)OC(=C)N1C(C)=O. The zero-order valence-corrected chi connectivity index (χ0v) is 6.61. The van der Waals surface area contributed by atoms with Crippen LogP contribution in [0, 0.1) is 0 Å². The molecule has 1 heterocycles. The lowest BCUT2D eigenvalue weighted by Gasteiger charge is -2.30. The summed E-state index contributed by atoms with van der Waals surface area (Å²) in [6.45, 7) is 8.11. The van der Waals surface area contributed by atoms with Gasteiger partial charge in [-0.1, -0.05) is 0 Å². The molecule has 5 nitrogen and oxygen atoms in total. The standard InChI is InChI=1S/C6H8BNO4/c1-4(9)8-5(2)11-7(10)12-6(8)3/h10H,2-3H2,1H3. The van der Waals surface area contributed by atoms with Crippen molar-refractivity contribution in [1.82, 2.24) is 4.90 Å². The smallest absolute Gasteiger partial charge is 0.487 e. The molecule has 1 amide bonds. The van der Waals surface area contributed by atoms with Crippen LogP contribution in [0.25, 0.3) is 0 Å². The van der Waals surface area contributed by atoms with Crippen LogP contribution in [0.4, 0.5) is 0 Å². The van der Waals surface area contributed by atoms with Crippen LogP contribution in [0.3, 0.4) is 0 Å². The highest BCUT2D eigenvalue weighted by Crippen LogP contribution is 2.19. The van der Waals surface area contributed by atoms with E-state index in [4.69, 9.17) is 5.02 Å². The molecule has 1 saturated heterocycles. The van der Waals surface area contributed by atoms with Gasteiger partial charge in [0.05, 0.1) is 0 Å². The highest BCUT2D eigenvalue weighted by molar-refractivity contribution is 6.35. The molecule has 0 aliphatic carbocycles. The molecule has 6 heteroatoms. The quantitative estimate of drug-likeness (QED) is 0.510. The van der Waals surface area contributed by atoms with E-state index in [1.54, 1.807) is 0 Å². The Balaban J connectivity index is 2.81. The van der Waals surface area contributed by atoms with Crippen molar-refractivity contribution in [3.8, 4) is 0 Å². The van der Waals surface area contributed by atoms with Crippen LogP contribution in [0.1, 0.15) is 6.92 Å². The van der Waals surface area contributed by atoms with E-state index in [9.17, 15) is 4.79 Å². The van der Waals surface area contributed by atoms with E-state index in [0.29, 0.717) is 0 Å². The van der Waals surface area contributed by atoms with Gasteiger partial charge in [0.25, 0.3) is 0 Å². The second-order valence-electron chi connectivity index (χ2n) is 2.18. The predicted octanol–water partition coefficient (Wildman–Crippen LogP) is -0.199. The molecular formula is C6H8BNO4. The van der Waals surface area contributed by atoms with Crippen LogP contribution in [0.15, 0.2) is 24.9 Å². The van der Waals surface area contributed by atoms with Crippen LogP contribution in [-0.2, 0) is 14.1 Å². The highest BCUT2D eigenvalue weighted by atomic mass is 16.7. The molecule has 0 aromatic heterocycles. The summed E-state index contributed by atoms with van der Waals surface area (Å²) in [5.41, 5.74) is 0. The molecule has 0 aromatic rings. The minimum atomic E-state index is -1.43. The van der Waals surface area contributed by atoms with Crippen molar-refractivity contribution >= 4 is 13.2 Å². The second kappa shape index (κ2) is 2.90. The van der Waals surface area contributed by atoms with Gasteiger partial charge in [0.1, 0.15) is 0 Å². The fraction of sp³-hybridized carbons (Fsp3) is 0.167. The van der Waals surface area contributed by atoms with E-state index in [2.05, 4.69) is 22.5 Å². The summed E-state index contributed by atoms with van der Waals surface area (Å²) in [6, 6.07) is 0. The molecule has 12 heavy (non-hydrogen) atoms. The van der Waals surface area contributed by atoms with Crippen molar-refractivity contribution in [2.45, 2.75) is 6.92 Å². The third-order valence-corrected chi connectivity index (χ3v) is 1.29. The van der Waals surface area contributed by atoms with E-state index in [-0.39, 0.29) is 17.7 Å². The lowest BCUT2D eigenvalue weighted by Crippen LogP contribution is -2.40. The van der Waals surface area contributed by atoms with Crippen molar-refractivity contribution in [3.05, 3.63) is 24.9 Å². The minimum Gasteiger partial charge on any atom is -0.487 e. The van der Waals surface area contributed by atoms with Crippen molar-refractivity contribution in [1.29, 1.82) is 0 Å². The number of amides is 1. The fourth-order valence-electron chi connectivity index (χ4n) is 0.853. The molecule has 0 aromatic carbocycles. The fourth-order valence-corrected chi connectivity index (χ4v) is 0.853. The highest BCUT2D eigenvalue weighted by Gasteiger charge is 2.34. The summed E-state index contributed by atoms with van der Waals surface area (Å²) < 4.78 is 9.23. The van der Waals surface area contributed by atoms with Crippen molar-refractivity contribution < 1.29 is 19.1 Å². The number of carbonyl (C=O) groups excluding carboxylic acids is 1. The Morgan fingerprint density at radius 3 is 2.25 bits per heavy atom. The van der Waals surface area contributed by atoms with Crippen LogP contribution in [-0.4, -0.2) is 23.2 Å². The number of rotatable bonds is 0. The lowest BCUT2D eigenvalue weighted by atomic mass is 10.2. The molecule has 0 unspecified atom stereocenters. The van der Waals surface area contributed by atoms with E-state index in [1.807, 2.05) is 0 Å².